The van der Waals surface area contributed by atoms with E-state index in [-0.39, 0.29) is 11.1 Å². The fourth-order valence-electron chi connectivity index (χ4n) is 3.78. The number of hydrogen-bond donors (Lipinski definition) is 2. The Morgan fingerprint density at radius 2 is 2.14 bits per heavy atom. The summed E-state index contributed by atoms with van der Waals surface area (Å²) >= 11 is 1.14. The fourth-order valence-corrected chi connectivity index (χ4v) is 4.86. The van der Waals surface area contributed by atoms with E-state index in [0.717, 1.165) is 68.5 Å². The average molecular weight is 498 g/mol. The first kappa shape index (κ1) is 25.0. The maximum Gasteiger partial charge on any atom is 0.270 e. The van der Waals surface area contributed by atoms with Gasteiger partial charge in [0.05, 0.1) is 13.2 Å². The van der Waals surface area contributed by atoms with Crippen molar-refractivity contribution in [2.45, 2.75) is 26.3 Å². The molecule has 35 heavy (non-hydrogen) atoms. The Balaban J connectivity index is 1.47. The number of anilines is 1. The lowest BCUT2D eigenvalue weighted by atomic mass is 10.3. The summed E-state index contributed by atoms with van der Waals surface area (Å²) in [5.41, 5.74) is 0.517. The summed E-state index contributed by atoms with van der Waals surface area (Å²) in [6.07, 6.45) is 3.82. The van der Waals surface area contributed by atoms with Crippen molar-refractivity contribution < 1.29 is 14.3 Å². The highest BCUT2D eigenvalue weighted by atomic mass is 32.1. The number of benzene rings is 1. The molecule has 1 saturated carbocycles. The molecule has 0 unspecified atom stereocenters. The molecule has 1 aliphatic carbocycles. The minimum absolute atomic E-state index is 0.0232. The molecule has 1 saturated heterocycles. The van der Waals surface area contributed by atoms with Gasteiger partial charge in [0.25, 0.3) is 11.5 Å². The second-order valence-corrected chi connectivity index (χ2v) is 9.61. The molecule has 0 radical (unpaired) electrons. The maximum atomic E-state index is 12.9. The minimum atomic E-state index is -0.427. The first-order valence-corrected chi connectivity index (χ1v) is 12.8. The Bertz CT molecular complexity index is 1250. The summed E-state index contributed by atoms with van der Waals surface area (Å²) in [5, 5.41) is 15.6. The van der Waals surface area contributed by atoms with Gasteiger partial charge in [0.1, 0.15) is 27.6 Å². The number of carbonyl (C=O) groups excluding carboxylic acids is 1. The van der Waals surface area contributed by atoms with Gasteiger partial charge in [0, 0.05) is 50.7 Å². The van der Waals surface area contributed by atoms with Crippen molar-refractivity contribution in [1.82, 2.24) is 14.8 Å². The number of aromatic nitrogens is 1. The van der Waals surface area contributed by atoms with Crippen LogP contribution in [0, 0.1) is 17.2 Å². The fraction of sp³-hybridized carbons (Fsp3) is 0.480. The third kappa shape index (κ3) is 6.72. The lowest BCUT2D eigenvalue weighted by molar-refractivity contribution is -0.115. The Labute approximate surface area is 208 Å². The smallest absolute Gasteiger partial charge is 0.270 e. The number of thiazole rings is 1. The van der Waals surface area contributed by atoms with Crippen molar-refractivity contribution in [2.75, 3.05) is 51.3 Å². The number of nitriles is 1. The van der Waals surface area contributed by atoms with Gasteiger partial charge in [0.2, 0.25) is 0 Å². The van der Waals surface area contributed by atoms with Crippen molar-refractivity contribution in [1.29, 1.82) is 5.26 Å². The summed E-state index contributed by atoms with van der Waals surface area (Å²) < 4.78 is 13.5. The highest BCUT2D eigenvalue weighted by Crippen LogP contribution is 2.27. The monoisotopic (exact) mass is 497 g/mol. The second kappa shape index (κ2) is 12.0. The summed E-state index contributed by atoms with van der Waals surface area (Å²) in [6, 6.07) is 9.54. The first-order valence-electron chi connectivity index (χ1n) is 12.0. The van der Waals surface area contributed by atoms with E-state index in [4.69, 9.17) is 9.47 Å². The Hall–Kier alpha value is -3.13. The van der Waals surface area contributed by atoms with Crippen LogP contribution in [0.25, 0.3) is 11.8 Å². The SMILES string of the molecule is CCn1c(=O)/c(=C\Nc2cccc(OCCN3CCOCC3)c2)s/c1=C(/C#N)C(=O)NCC1CC1. The van der Waals surface area contributed by atoms with E-state index < -0.39 is 5.91 Å². The van der Waals surface area contributed by atoms with Crippen molar-refractivity contribution in [2.24, 2.45) is 5.92 Å². The highest BCUT2D eigenvalue weighted by molar-refractivity contribution is 7.07. The van der Waals surface area contributed by atoms with Crippen LogP contribution < -0.4 is 30.1 Å². The van der Waals surface area contributed by atoms with Gasteiger partial charge in [-0.05, 0) is 37.8 Å². The molecular formula is C25H31N5O4S. The molecule has 2 fully saturated rings. The number of ether oxygens (including phenoxy) is 2. The lowest BCUT2D eigenvalue weighted by Gasteiger charge is -2.26. The van der Waals surface area contributed by atoms with Gasteiger partial charge in [-0.1, -0.05) is 6.07 Å². The van der Waals surface area contributed by atoms with Crippen LogP contribution in [0.4, 0.5) is 5.69 Å². The van der Waals surface area contributed by atoms with Gasteiger partial charge in [-0.15, -0.1) is 11.3 Å². The van der Waals surface area contributed by atoms with Crippen LogP contribution in [0.3, 0.4) is 0 Å². The van der Waals surface area contributed by atoms with Gasteiger partial charge >= 0.3 is 0 Å². The van der Waals surface area contributed by atoms with Crippen molar-refractivity contribution in [3.05, 3.63) is 43.8 Å². The van der Waals surface area contributed by atoms with Crippen molar-refractivity contribution in [3.63, 3.8) is 0 Å². The number of hydrogen-bond acceptors (Lipinski definition) is 8. The van der Waals surface area contributed by atoms with E-state index in [1.165, 1.54) is 4.57 Å². The van der Waals surface area contributed by atoms with Gasteiger partial charge in [-0.3, -0.25) is 19.1 Å². The zero-order valence-electron chi connectivity index (χ0n) is 19.9. The summed E-state index contributed by atoms with van der Waals surface area (Å²) in [7, 11) is 0. The third-order valence-electron chi connectivity index (χ3n) is 6.01. The van der Waals surface area contributed by atoms with Crippen LogP contribution in [0.1, 0.15) is 19.8 Å². The maximum absolute atomic E-state index is 12.9. The number of morpholine rings is 1. The summed E-state index contributed by atoms with van der Waals surface area (Å²) in [4.78, 5) is 27.8. The minimum Gasteiger partial charge on any atom is -0.492 e. The Kier molecular flexibility index (Phi) is 8.58. The molecule has 1 amide bonds. The number of amides is 1. The largest absolute Gasteiger partial charge is 0.492 e. The molecule has 2 aromatic rings. The molecular weight excluding hydrogens is 466 g/mol. The van der Waals surface area contributed by atoms with Crippen LogP contribution in [0.15, 0.2) is 29.1 Å². The van der Waals surface area contributed by atoms with E-state index in [9.17, 15) is 14.9 Å². The molecule has 9 nitrogen and oxygen atoms in total. The average Bonchev–Trinajstić information content (AvgIpc) is 3.66. The van der Waals surface area contributed by atoms with Crippen LogP contribution >= 0.6 is 11.3 Å². The molecule has 0 atom stereocenters. The zero-order chi connectivity index (χ0) is 24.6. The quantitative estimate of drug-likeness (QED) is 0.497. The summed E-state index contributed by atoms with van der Waals surface area (Å²) in [6.45, 7) is 7.55. The molecule has 0 bridgehead atoms. The first-order chi connectivity index (χ1) is 17.1. The molecule has 2 heterocycles. The van der Waals surface area contributed by atoms with Gasteiger partial charge < -0.3 is 20.1 Å². The number of rotatable bonds is 10. The molecule has 10 heteroatoms. The van der Waals surface area contributed by atoms with Crippen LogP contribution in [0.2, 0.25) is 0 Å². The molecule has 1 aromatic heterocycles. The molecule has 186 valence electrons. The van der Waals surface area contributed by atoms with Gasteiger partial charge in [-0.25, -0.2) is 0 Å². The number of carbonyl (C=O) groups is 1. The topological polar surface area (TPSA) is 109 Å². The lowest BCUT2D eigenvalue weighted by Crippen LogP contribution is -2.38. The molecule has 2 N–H and O–H groups in total. The zero-order valence-corrected chi connectivity index (χ0v) is 20.7. The predicted octanol–water partition coefficient (Wildman–Crippen LogP) is 0.691. The normalized spacial score (nSPS) is 17.5. The van der Waals surface area contributed by atoms with Crippen LogP contribution in [0.5, 0.6) is 5.75 Å². The van der Waals surface area contributed by atoms with Crippen molar-refractivity contribution in [3.8, 4) is 11.8 Å². The van der Waals surface area contributed by atoms with Gasteiger partial charge in [-0.2, -0.15) is 5.26 Å². The highest BCUT2D eigenvalue weighted by Gasteiger charge is 2.23. The number of nitrogens with zero attached hydrogens (tertiary/aromatic N) is 3. The summed E-state index contributed by atoms with van der Waals surface area (Å²) in [5.74, 6) is 0.814. The van der Waals surface area contributed by atoms with E-state index in [1.807, 2.05) is 37.3 Å². The van der Waals surface area contributed by atoms with E-state index in [2.05, 4.69) is 15.5 Å². The van der Waals surface area contributed by atoms with E-state index in [0.29, 0.717) is 34.8 Å². The third-order valence-corrected chi connectivity index (χ3v) is 7.14. The molecule has 2 aliphatic rings. The Morgan fingerprint density at radius 3 is 2.86 bits per heavy atom. The molecule has 4 rings (SSSR count). The molecule has 0 spiro atoms. The molecule has 1 aliphatic heterocycles. The van der Waals surface area contributed by atoms with E-state index >= 15 is 0 Å². The van der Waals surface area contributed by atoms with E-state index in [1.54, 1.807) is 6.20 Å². The number of nitrogens with one attached hydrogen (secondary N) is 2. The van der Waals surface area contributed by atoms with Crippen LogP contribution in [-0.2, 0) is 16.1 Å². The Morgan fingerprint density at radius 1 is 1.34 bits per heavy atom. The predicted molar refractivity (Wildman–Crippen MR) is 136 cm³/mol. The second-order valence-electron chi connectivity index (χ2n) is 8.58. The molecule has 1 aromatic carbocycles. The van der Waals surface area contributed by atoms with Crippen molar-refractivity contribution >= 4 is 34.7 Å². The van der Waals surface area contributed by atoms with Crippen LogP contribution in [-0.4, -0.2) is 61.4 Å². The standard InChI is InChI=1S/C25H31N5O4S/c1-2-30-24(32)22(35-25(30)21(15-26)23(31)28-16-18-6-7-18)17-27-19-4-3-5-20(14-19)34-13-10-29-8-11-33-12-9-29/h3-5,14,17-18,27H,2,6-13,16H2,1H3,(H,28,31)/b22-17+,25-21-. The van der Waals surface area contributed by atoms with Gasteiger partial charge in [0.15, 0.2) is 5.57 Å².